The molecule has 1 aliphatic rings. The van der Waals surface area contributed by atoms with Crippen LogP contribution in [0.3, 0.4) is 0 Å². The van der Waals surface area contributed by atoms with Crippen molar-refractivity contribution in [1.29, 1.82) is 0 Å². The first kappa shape index (κ1) is 15.1. The predicted octanol–water partition coefficient (Wildman–Crippen LogP) is 2.62. The lowest BCUT2D eigenvalue weighted by atomic mass is 9.76. The fourth-order valence-corrected chi connectivity index (χ4v) is 3.05. The fraction of sp³-hybridized carbons (Fsp3) is 0.688. The molecule has 1 aromatic rings. The molecule has 2 rings (SSSR count). The maximum atomic E-state index is 12.4. The maximum Gasteiger partial charge on any atom is 0.240 e. The SMILES string of the molecule is CC1CCCC(N)(C(=O)NC(C)CCc2ccco2)C1. The number of furan rings is 1. The smallest absolute Gasteiger partial charge is 0.240 e. The molecule has 1 heterocycles. The average molecular weight is 278 g/mol. The van der Waals surface area contributed by atoms with E-state index in [9.17, 15) is 4.79 Å². The standard InChI is InChI=1S/C16H26N2O2/c1-12-5-3-9-16(17,11-12)15(19)18-13(2)7-8-14-6-4-10-20-14/h4,6,10,12-13H,3,5,7-9,11,17H2,1-2H3,(H,18,19). The van der Waals surface area contributed by atoms with Gasteiger partial charge in [-0.3, -0.25) is 4.79 Å². The van der Waals surface area contributed by atoms with E-state index in [1.54, 1.807) is 6.26 Å². The van der Waals surface area contributed by atoms with E-state index in [1.165, 1.54) is 6.42 Å². The zero-order valence-corrected chi connectivity index (χ0v) is 12.5. The van der Waals surface area contributed by atoms with E-state index >= 15 is 0 Å². The Balaban J connectivity index is 1.80. The van der Waals surface area contributed by atoms with Gasteiger partial charge in [0, 0.05) is 12.5 Å². The lowest BCUT2D eigenvalue weighted by Crippen LogP contribution is -2.57. The van der Waals surface area contributed by atoms with Crippen LogP contribution >= 0.6 is 0 Å². The minimum absolute atomic E-state index is 0.0102. The van der Waals surface area contributed by atoms with Gasteiger partial charge in [-0.1, -0.05) is 19.8 Å². The Morgan fingerprint density at radius 3 is 3.10 bits per heavy atom. The summed E-state index contributed by atoms with van der Waals surface area (Å²) in [5.41, 5.74) is 5.63. The van der Waals surface area contributed by atoms with Crippen LogP contribution in [0.2, 0.25) is 0 Å². The van der Waals surface area contributed by atoms with E-state index in [1.807, 2.05) is 19.1 Å². The van der Waals surface area contributed by atoms with Gasteiger partial charge >= 0.3 is 0 Å². The fourth-order valence-electron chi connectivity index (χ4n) is 3.05. The van der Waals surface area contributed by atoms with Gasteiger partial charge < -0.3 is 15.5 Å². The van der Waals surface area contributed by atoms with Crippen LogP contribution < -0.4 is 11.1 Å². The number of hydrogen-bond acceptors (Lipinski definition) is 3. The Morgan fingerprint density at radius 2 is 2.45 bits per heavy atom. The number of carbonyl (C=O) groups is 1. The summed E-state index contributed by atoms with van der Waals surface area (Å²) < 4.78 is 5.30. The minimum atomic E-state index is -0.670. The highest BCUT2D eigenvalue weighted by Gasteiger charge is 2.38. The van der Waals surface area contributed by atoms with Gasteiger partial charge in [-0.15, -0.1) is 0 Å². The van der Waals surface area contributed by atoms with Crippen LogP contribution in [0, 0.1) is 5.92 Å². The van der Waals surface area contributed by atoms with Crippen LogP contribution in [0.4, 0.5) is 0 Å². The third kappa shape index (κ3) is 3.85. The van der Waals surface area contributed by atoms with Crippen molar-refractivity contribution in [1.82, 2.24) is 5.32 Å². The Bertz CT molecular complexity index is 430. The van der Waals surface area contributed by atoms with Crippen LogP contribution in [0.1, 0.15) is 51.7 Å². The molecule has 1 aromatic heterocycles. The maximum absolute atomic E-state index is 12.4. The Labute approximate surface area is 121 Å². The van der Waals surface area contributed by atoms with E-state index in [-0.39, 0.29) is 11.9 Å². The van der Waals surface area contributed by atoms with E-state index in [0.717, 1.165) is 37.9 Å². The van der Waals surface area contributed by atoms with Gasteiger partial charge in [-0.05, 0) is 44.2 Å². The zero-order valence-electron chi connectivity index (χ0n) is 12.5. The quantitative estimate of drug-likeness (QED) is 0.870. The van der Waals surface area contributed by atoms with Crippen molar-refractivity contribution in [2.75, 3.05) is 0 Å². The first-order valence-electron chi connectivity index (χ1n) is 7.62. The van der Waals surface area contributed by atoms with Crippen molar-refractivity contribution in [2.45, 2.75) is 64.0 Å². The van der Waals surface area contributed by atoms with Crippen LogP contribution in [0.5, 0.6) is 0 Å². The van der Waals surface area contributed by atoms with Gasteiger partial charge in [0.1, 0.15) is 5.76 Å². The zero-order chi connectivity index (χ0) is 14.6. The van der Waals surface area contributed by atoms with Crippen molar-refractivity contribution in [3.8, 4) is 0 Å². The number of hydrogen-bond donors (Lipinski definition) is 2. The van der Waals surface area contributed by atoms with Gasteiger partial charge in [0.25, 0.3) is 0 Å². The van der Waals surface area contributed by atoms with Crippen molar-refractivity contribution in [3.05, 3.63) is 24.2 Å². The summed E-state index contributed by atoms with van der Waals surface area (Å²) in [5.74, 6) is 1.51. The first-order chi connectivity index (χ1) is 9.49. The number of aryl methyl sites for hydroxylation is 1. The second-order valence-corrected chi connectivity index (χ2v) is 6.35. The third-order valence-electron chi connectivity index (χ3n) is 4.27. The largest absolute Gasteiger partial charge is 0.469 e. The Hall–Kier alpha value is -1.29. The van der Waals surface area contributed by atoms with Crippen LogP contribution in [0.15, 0.2) is 22.8 Å². The summed E-state index contributed by atoms with van der Waals surface area (Å²) in [6.45, 7) is 4.20. The first-order valence-corrected chi connectivity index (χ1v) is 7.62. The molecule has 3 N–H and O–H groups in total. The van der Waals surface area contributed by atoms with Crippen molar-refractivity contribution < 1.29 is 9.21 Å². The van der Waals surface area contributed by atoms with Gasteiger partial charge in [0.05, 0.1) is 11.8 Å². The highest BCUT2D eigenvalue weighted by Crippen LogP contribution is 2.30. The molecule has 0 radical (unpaired) electrons. The Kier molecular flexibility index (Phi) is 4.86. The van der Waals surface area contributed by atoms with Gasteiger partial charge in [-0.25, -0.2) is 0 Å². The molecule has 1 aliphatic carbocycles. The van der Waals surface area contributed by atoms with Crippen molar-refractivity contribution >= 4 is 5.91 Å². The summed E-state index contributed by atoms with van der Waals surface area (Å²) in [5, 5.41) is 3.07. The molecule has 0 spiro atoms. The van der Waals surface area contributed by atoms with Gasteiger partial charge in [-0.2, -0.15) is 0 Å². The van der Waals surface area contributed by atoms with Crippen molar-refractivity contribution in [3.63, 3.8) is 0 Å². The predicted molar refractivity (Wildman–Crippen MR) is 79.2 cm³/mol. The molecule has 3 atom stereocenters. The van der Waals surface area contributed by atoms with E-state index < -0.39 is 5.54 Å². The number of rotatable bonds is 5. The van der Waals surface area contributed by atoms with E-state index in [0.29, 0.717) is 5.92 Å². The number of carbonyl (C=O) groups excluding carboxylic acids is 1. The molecular weight excluding hydrogens is 252 g/mol. The average Bonchev–Trinajstić information content (AvgIpc) is 2.89. The van der Waals surface area contributed by atoms with Gasteiger partial charge in [0.2, 0.25) is 5.91 Å². The van der Waals surface area contributed by atoms with Crippen LogP contribution in [-0.2, 0) is 11.2 Å². The third-order valence-corrected chi connectivity index (χ3v) is 4.27. The molecule has 0 aliphatic heterocycles. The lowest BCUT2D eigenvalue weighted by Gasteiger charge is -2.36. The second kappa shape index (κ2) is 6.44. The minimum Gasteiger partial charge on any atom is -0.469 e. The molecular formula is C16H26N2O2. The highest BCUT2D eigenvalue weighted by atomic mass is 16.3. The number of nitrogens with one attached hydrogen (secondary N) is 1. The monoisotopic (exact) mass is 278 g/mol. The topological polar surface area (TPSA) is 68.3 Å². The number of amides is 1. The van der Waals surface area contributed by atoms with Crippen LogP contribution in [-0.4, -0.2) is 17.5 Å². The summed E-state index contributed by atoms with van der Waals surface area (Å²) in [4.78, 5) is 12.4. The summed E-state index contributed by atoms with van der Waals surface area (Å²) in [6, 6.07) is 3.96. The molecule has 1 amide bonds. The summed E-state index contributed by atoms with van der Waals surface area (Å²) in [6.07, 6.45) is 7.20. The van der Waals surface area contributed by atoms with Crippen molar-refractivity contribution in [2.24, 2.45) is 11.7 Å². The van der Waals surface area contributed by atoms with E-state index in [4.69, 9.17) is 10.2 Å². The normalized spacial score (nSPS) is 28.1. The summed E-state index contributed by atoms with van der Waals surface area (Å²) in [7, 11) is 0. The molecule has 0 bridgehead atoms. The second-order valence-electron chi connectivity index (χ2n) is 6.35. The lowest BCUT2D eigenvalue weighted by molar-refractivity contribution is -0.128. The number of nitrogens with two attached hydrogens (primary N) is 1. The molecule has 112 valence electrons. The van der Waals surface area contributed by atoms with Gasteiger partial charge in [0.15, 0.2) is 0 Å². The molecule has 20 heavy (non-hydrogen) atoms. The van der Waals surface area contributed by atoms with Crippen LogP contribution in [0.25, 0.3) is 0 Å². The highest BCUT2D eigenvalue weighted by molar-refractivity contribution is 5.86. The molecule has 0 saturated heterocycles. The molecule has 1 fully saturated rings. The van der Waals surface area contributed by atoms with E-state index in [2.05, 4.69) is 12.2 Å². The summed E-state index contributed by atoms with van der Waals surface area (Å²) >= 11 is 0. The molecule has 4 nitrogen and oxygen atoms in total. The molecule has 3 unspecified atom stereocenters. The molecule has 1 saturated carbocycles. The molecule has 4 heteroatoms. The molecule has 0 aromatic carbocycles. The Morgan fingerprint density at radius 1 is 1.65 bits per heavy atom.